The lowest BCUT2D eigenvalue weighted by Crippen LogP contribution is -2.30. The van der Waals surface area contributed by atoms with E-state index in [9.17, 15) is 14.4 Å². The molecular weight excluding hydrogens is 901 g/mol. The third-order valence-corrected chi connectivity index (χ3v) is 13.7. The second kappa shape index (κ2) is 61.4. The van der Waals surface area contributed by atoms with Gasteiger partial charge in [0.15, 0.2) is 6.10 Å². The van der Waals surface area contributed by atoms with E-state index in [1.54, 1.807) is 0 Å². The molecule has 0 bridgehead atoms. The Morgan fingerprint density at radius 1 is 0.288 bits per heavy atom. The number of unbranched alkanes of at least 4 members (excludes halogenated alkanes) is 34. The van der Waals surface area contributed by atoms with E-state index in [-0.39, 0.29) is 31.1 Å². The van der Waals surface area contributed by atoms with Crippen molar-refractivity contribution in [2.45, 2.75) is 322 Å². The minimum atomic E-state index is -0.781. The van der Waals surface area contributed by atoms with Gasteiger partial charge in [-0.2, -0.15) is 0 Å². The van der Waals surface area contributed by atoms with E-state index < -0.39 is 6.10 Å². The highest BCUT2D eigenvalue weighted by atomic mass is 16.6. The molecule has 0 heterocycles. The maximum atomic E-state index is 12.8. The van der Waals surface area contributed by atoms with Gasteiger partial charge in [-0.1, -0.05) is 261 Å². The first-order chi connectivity index (χ1) is 36.0. The van der Waals surface area contributed by atoms with Crippen molar-refractivity contribution in [2.75, 3.05) is 13.2 Å². The first-order valence-electron chi connectivity index (χ1n) is 31.4. The molecule has 0 aliphatic heterocycles. The van der Waals surface area contributed by atoms with E-state index in [4.69, 9.17) is 14.2 Å². The van der Waals surface area contributed by atoms with Crippen LogP contribution in [0.4, 0.5) is 0 Å². The molecular formula is C67H118O6. The molecule has 6 nitrogen and oxygen atoms in total. The molecule has 0 aliphatic rings. The lowest BCUT2D eigenvalue weighted by atomic mass is 10.0. The Morgan fingerprint density at radius 3 is 0.877 bits per heavy atom. The molecule has 0 saturated heterocycles. The van der Waals surface area contributed by atoms with Crippen LogP contribution < -0.4 is 0 Å². The summed E-state index contributed by atoms with van der Waals surface area (Å²) in [5.41, 5.74) is 0. The first-order valence-corrected chi connectivity index (χ1v) is 31.4. The van der Waals surface area contributed by atoms with Gasteiger partial charge >= 0.3 is 17.9 Å². The Bertz CT molecular complexity index is 1360. The molecule has 0 fully saturated rings. The van der Waals surface area contributed by atoms with E-state index in [1.165, 1.54) is 173 Å². The third kappa shape index (κ3) is 59.6. The van der Waals surface area contributed by atoms with Crippen molar-refractivity contribution in [1.82, 2.24) is 0 Å². The molecule has 1 atom stereocenters. The number of rotatable bonds is 57. The number of esters is 3. The number of hydrogen-bond acceptors (Lipinski definition) is 6. The molecule has 6 heteroatoms. The average molecular weight is 1020 g/mol. The predicted molar refractivity (Wildman–Crippen MR) is 316 cm³/mol. The smallest absolute Gasteiger partial charge is 0.306 e. The Kier molecular flexibility index (Phi) is 58.7. The van der Waals surface area contributed by atoms with Crippen LogP contribution >= 0.6 is 0 Å². The van der Waals surface area contributed by atoms with E-state index in [2.05, 4.69) is 93.7 Å². The fraction of sp³-hybridized carbons (Fsp3) is 0.776. The molecule has 0 spiro atoms. The molecule has 0 amide bonds. The van der Waals surface area contributed by atoms with E-state index >= 15 is 0 Å². The van der Waals surface area contributed by atoms with Gasteiger partial charge in [0.05, 0.1) is 0 Å². The maximum absolute atomic E-state index is 12.8. The van der Waals surface area contributed by atoms with Gasteiger partial charge in [0, 0.05) is 19.3 Å². The summed E-state index contributed by atoms with van der Waals surface area (Å²) in [5, 5.41) is 0. The Morgan fingerprint density at radius 2 is 0.534 bits per heavy atom. The third-order valence-electron chi connectivity index (χ3n) is 13.7. The molecule has 73 heavy (non-hydrogen) atoms. The average Bonchev–Trinajstić information content (AvgIpc) is 3.39. The summed E-state index contributed by atoms with van der Waals surface area (Å²) in [6.45, 7) is 6.51. The quantitative estimate of drug-likeness (QED) is 0.0261. The minimum absolute atomic E-state index is 0.0785. The SMILES string of the molecule is CC/C=C\C/C=C\C/C=C\C/C=C\CCCCCCCCCCCCCCCCCCC(=O)OCC(COC(=O)CCCCCCC/C=C\CCCCC)OC(=O)CCCCCCC/C=C\CCCCCCC. The largest absolute Gasteiger partial charge is 0.462 e. The van der Waals surface area contributed by atoms with Crippen LogP contribution in [-0.2, 0) is 28.6 Å². The van der Waals surface area contributed by atoms with Crippen molar-refractivity contribution in [1.29, 1.82) is 0 Å². The van der Waals surface area contributed by atoms with Crippen molar-refractivity contribution in [2.24, 2.45) is 0 Å². The number of ether oxygens (including phenoxy) is 3. The molecule has 0 rings (SSSR count). The lowest BCUT2D eigenvalue weighted by molar-refractivity contribution is -0.167. The molecule has 0 saturated carbocycles. The zero-order chi connectivity index (χ0) is 52.9. The second-order valence-corrected chi connectivity index (χ2v) is 20.9. The Labute approximate surface area is 453 Å². The summed E-state index contributed by atoms with van der Waals surface area (Å²) in [4.78, 5) is 38.2. The van der Waals surface area contributed by atoms with Crippen molar-refractivity contribution in [3.8, 4) is 0 Å². The van der Waals surface area contributed by atoms with Crippen LogP contribution in [0, 0.1) is 0 Å². The first kappa shape index (κ1) is 69.8. The maximum Gasteiger partial charge on any atom is 0.306 e. The number of hydrogen-bond donors (Lipinski definition) is 0. The van der Waals surface area contributed by atoms with Crippen molar-refractivity contribution < 1.29 is 28.6 Å². The summed E-state index contributed by atoms with van der Waals surface area (Å²) < 4.78 is 16.9. The monoisotopic (exact) mass is 1020 g/mol. The highest BCUT2D eigenvalue weighted by Crippen LogP contribution is 2.16. The normalized spacial score (nSPS) is 12.5. The van der Waals surface area contributed by atoms with Gasteiger partial charge in [-0.15, -0.1) is 0 Å². The Hall–Kier alpha value is -3.15. The molecule has 0 N–H and O–H groups in total. The fourth-order valence-electron chi connectivity index (χ4n) is 8.95. The molecule has 0 aromatic rings. The molecule has 0 aromatic heterocycles. The molecule has 0 aromatic carbocycles. The van der Waals surface area contributed by atoms with Gasteiger partial charge in [-0.25, -0.2) is 0 Å². The molecule has 422 valence electrons. The molecule has 0 aliphatic carbocycles. The van der Waals surface area contributed by atoms with Gasteiger partial charge in [-0.3, -0.25) is 14.4 Å². The van der Waals surface area contributed by atoms with E-state index in [0.717, 1.165) is 103 Å². The molecule has 1 unspecified atom stereocenters. The fourth-order valence-corrected chi connectivity index (χ4v) is 8.95. The van der Waals surface area contributed by atoms with Gasteiger partial charge in [0.1, 0.15) is 13.2 Å². The second-order valence-electron chi connectivity index (χ2n) is 20.9. The zero-order valence-corrected chi connectivity index (χ0v) is 48.4. The summed E-state index contributed by atoms with van der Waals surface area (Å²) in [6, 6.07) is 0. The van der Waals surface area contributed by atoms with E-state index in [1.807, 2.05) is 0 Å². The van der Waals surface area contributed by atoms with Crippen LogP contribution in [-0.4, -0.2) is 37.2 Å². The van der Waals surface area contributed by atoms with Crippen LogP contribution in [0.5, 0.6) is 0 Å². The Balaban J connectivity index is 4.17. The van der Waals surface area contributed by atoms with Crippen molar-refractivity contribution in [3.05, 3.63) is 72.9 Å². The van der Waals surface area contributed by atoms with E-state index in [0.29, 0.717) is 19.3 Å². The minimum Gasteiger partial charge on any atom is -0.462 e. The van der Waals surface area contributed by atoms with Crippen LogP contribution in [0.2, 0.25) is 0 Å². The molecule has 0 radical (unpaired) electrons. The van der Waals surface area contributed by atoms with Crippen LogP contribution in [0.3, 0.4) is 0 Å². The van der Waals surface area contributed by atoms with Crippen molar-refractivity contribution in [3.63, 3.8) is 0 Å². The predicted octanol–water partition coefficient (Wildman–Crippen LogP) is 21.3. The van der Waals surface area contributed by atoms with Crippen LogP contribution in [0.1, 0.15) is 316 Å². The lowest BCUT2D eigenvalue weighted by Gasteiger charge is -2.18. The van der Waals surface area contributed by atoms with Crippen LogP contribution in [0.25, 0.3) is 0 Å². The van der Waals surface area contributed by atoms with Gasteiger partial charge in [-0.05, 0) is 109 Å². The van der Waals surface area contributed by atoms with Crippen LogP contribution in [0.15, 0.2) is 72.9 Å². The number of carbonyl (C=O) groups is 3. The summed E-state index contributed by atoms with van der Waals surface area (Å²) in [7, 11) is 0. The highest BCUT2D eigenvalue weighted by Gasteiger charge is 2.19. The standard InChI is InChI=1S/C67H118O6/c1-4-7-10-13-16-19-22-25-27-28-29-30-31-32-33-34-35-36-37-38-39-40-41-43-45-48-51-54-57-60-66(69)72-63-64(62-71-65(68)59-56-53-50-47-44-24-21-18-15-12-9-6-3)73-67(70)61-58-55-52-49-46-42-26-23-20-17-14-11-8-5-2/h7,10,16,18-19,21,23,25-27,29-30,64H,4-6,8-9,11-15,17,20,22,24,28,31-63H2,1-3H3/b10-7-,19-16-,21-18-,26-23-,27-25-,30-29-. The summed E-state index contributed by atoms with van der Waals surface area (Å²) in [5.74, 6) is -0.884. The van der Waals surface area contributed by atoms with Gasteiger partial charge in [0.25, 0.3) is 0 Å². The zero-order valence-electron chi connectivity index (χ0n) is 48.4. The summed E-state index contributed by atoms with van der Waals surface area (Å²) in [6.07, 6.45) is 79.2. The topological polar surface area (TPSA) is 78.9 Å². The number of allylic oxidation sites excluding steroid dienone is 12. The number of carbonyl (C=O) groups excluding carboxylic acids is 3. The van der Waals surface area contributed by atoms with Crippen molar-refractivity contribution >= 4 is 17.9 Å². The van der Waals surface area contributed by atoms with Gasteiger partial charge < -0.3 is 14.2 Å². The van der Waals surface area contributed by atoms with Gasteiger partial charge in [0.2, 0.25) is 0 Å². The highest BCUT2D eigenvalue weighted by molar-refractivity contribution is 5.71. The summed E-state index contributed by atoms with van der Waals surface area (Å²) >= 11 is 0.